The fraction of sp³-hybridized carbons (Fsp3) is 0.500. The van der Waals surface area contributed by atoms with Gasteiger partial charge in [-0.05, 0) is 24.1 Å². The van der Waals surface area contributed by atoms with Gasteiger partial charge in [0.05, 0.1) is 7.11 Å². The molecule has 0 aromatic heterocycles. The van der Waals surface area contributed by atoms with Crippen LogP contribution >= 0.6 is 0 Å². The lowest BCUT2D eigenvalue weighted by Crippen LogP contribution is -2.41. The molecule has 114 valence electrons. The van der Waals surface area contributed by atoms with E-state index in [-0.39, 0.29) is 18.3 Å². The standard InChI is InChI=1S/C16H21NO4/c1-3-12-4-5-14(15(10-12)20-2)21-11-16(19)17-8-6-13(18)7-9-17/h4-5,10H,3,6-9,11H2,1-2H3. The Balaban J connectivity index is 1.93. The predicted molar refractivity (Wildman–Crippen MR) is 78.7 cm³/mol. The Hall–Kier alpha value is -2.04. The lowest BCUT2D eigenvalue weighted by atomic mass is 10.1. The smallest absolute Gasteiger partial charge is 0.260 e. The van der Waals surface area contributed by atoms with E-state index in [2.05, 4.69) is 6.92 Å². The Labute approximate surface area is 124 Å². The summed E-state index contributed by atoms with van der Waals surface area (Å²) >= 11 is 0. The van der Waals surface area contributed by atoms with Gasteiger partial charge in [0.1, 0.15) is 5.78 Å². The molecule has 2 rings (SSSR count). The van der Waals surface area contributed by atoms with Crippen LogP contribution in [0.25, 0.3) is 0 Å². The SMILES string of the molecule is CCc1ccc(OCC(=O)N2CCC(=O)CC2)c(OC)c1. The molecule has 1 saturated heterocycles. The molecule has 0 N–H and O–H groups in total. The fourth-order valence-corrected chi connectivity index (χ4v) is 2.29. The highest BCUT2D eigenvalue weighted by Gasteiger charge is 2.21. The number of hydrogen-bond donors (Lipinski definition) is 0. The number of ether oxygens (including phenoxy) is 2. The van der Waals surface area contributed by atoms with Crippen molar-refractivity contribution in [2.45, 2.75) is 26.2 Å². The molecule has 0 saturated carbocycles. The van der Waals surface area contributed by atoms with E-state index in [1.807, 2.05) is 18.2 Å². The van der Waals surface area contributed by atoms with Crippen molar-refractivity contribution in [1.29, 1.82) is 0 Å². The highest BCUT2D eigenvalue weighted by molar-refractivity contribution is 5.84. The number of piperidine rings is 1. The molecule has 1 aliphatic rings. The van der Waals surface area contributed by atoms with E-state index >= 15 is 0 Å². The fourth-order valence-electron chi connectivity index (χ4n) is 2.29. The highest BCUT2D eigenvalue weighted by atomic mass is 16.5. The van der Waals surface area contributed by atoms with Crippen LogP contribution in [0.15, 0.2) is 18.2 Å². The van der Waals surface area contributed by atoms with E-state index in [9.17, 15) is 9.59 Å². The Bertz CT molecular complexity index is 517. The Morgan fingerprint density at radius 3 is 2.57 bits per heavy atom. The second-order valence-corrected chi connectivity index (χ2v) is 5.05. The van der Waals surface area contributed by atoms with Crippen molar-refractivity contribution in [3.05, 3.63) is 23.8 Å². The quantitative estimate of drug-likeness (QED) is 0.830. The molecule has 0 atom stereocenters. The zero-order valence-electron chi connectivity index (χ0n) is 12.6. The number of Topliss-reactive ketones (excluding diaryl/α,β-unsaturated/α-hetero) is 1. The van der Waals surface area contributed by atoms with Gasteiger partial charge in [0.25, 0.3) is 5.91 Å². The number of carbonyl (C=O) groups excluding carboxylic acids is 2. The zero-order chi connectivity index (χ0) is 15.2. The maximum atomic E-state index is 12.0. The molecule has 1 aromatic rings. The van der Waals surface area contributed by atoms with Gasteiger partial charge < -0.3 is 14.4 Å². The average molecular weight is 291 g/mol. The van der Waals surface area contributed by atoms with Gasteiger partial charge in [-0.1, -0.05) is 13.0 Å². The molecule has 1 fully saturated rings. The van der Waals surface area contributed by atoms with Gasteiger partial charge in [-0.2, -0.15) is 0 Å². The number of hydrogen-bond acceptors (Lipinski definition) is 4. The minimum absolute atomic E-state index is 0.0317. The molecule has 0 aliphatic carbocycles. The molecule has 1 amide bonds. The summed E-state index contributed by atoms with van der Waals surface area (Å²) in [6, 6.07) is 5.70. The summed E-state index contributed by atoms with van der Waals surface area (Å²) in [5.74, 6) is 1.33. The van der Waals surface area contributed by atoms with Crippen LogP contribution in [0.4, 0.5) is 0 Å². The van der Waals surface area contributed by atoms with E-state index in [0.717, 1.165) is 12.0 Å². The molecule has 1 heterocycles. The van der Waals surface area contributed by atoms with Gasteiger partial charge in [-0.3, -0.25) is 9.59 Å². The number of rotatable bonds is 5. The molecule has 0 bridgehead atoms. The summed E-state index contributed by atoms with van der Waals surface area (Å²) in [6.45, 7) is 3.02. The van der Waals surface area contributed by atoms with Crippen LogP contribution in [-0.2, 0) is 16.0 Å². The first-order valence-corrected chi connectivity index (χ1v) is 7.23. The molecule has 21 heavy (non-hydrogen) atoms. The van der Waals surface area contributed by atoms with Crippen LogP contribution in [0.5, 0.6) is 11.5 Å². The van der Waals surface area contributed by atoms with Gasteiger partial charge >= 0.3 is 0 Å². The van der Waals surface area contributed by atoms with Crippen molar-refractivity contribution < 1.29 is 19.1 Å². The Kier molecular flexibility index (Phi) is 5.20. The summed E-state index contributed by atoms with van der Waals surface area (Å²) < 4.78 is 10.9. The number of ketones is 1. The van der Waals surface area contributed by atoms with Crippen LogP contribution in [0, 0.1) is 0 Å². The van der Waals surface area contributed by atoms with Gasteiger partial charge in [0.2, 0.25) is 0 Å². The topological polar surface area (TPSA) is 55.8 Å². The summed E-state index contributed by atoms with van der Waals surface area (Å²) in [7, 11) is 1.58. The molecular weight excluding hydrogens is 270 g/mol. The lowest BCUT2D eigenvalue weighted by Gasteiger charge is -2.26. The monoisotopic (exact) mass is 291 g/mol. The maximum absolute atomic E-state index is 12.0. The number of aryl methyl sites for hydroxylation is 1. The van der Waals surface area contributed by atoms with Crippen LogP contribution in [0.1, 0.15) is 25.3 Å². The van der Waals surface area contributed by atoms with Crippen LogP contribution in [0.3, 0.4) is 0 Å². The molecule has 5 heteroatoms. The molecule has 0 unspecified atom stereocenters. The number of methoxy groups -OCH3 is 1. The number of nitrogens with zero attached hydrogens (tertiary/aromatic N) is 1. The second kappa shape index (κ2) is 7.11. The number of benzene rings is 1. The summed E-state index contributed by atoms with van der Waals surface area (Å²) in [4.78, 5) is 24.9. The van der Waals surface area contributed by atoms with Gasteiger partial charge in [0, 0.05) is 25.9 Å². The summed E-state index contributed by atoms with van der Waals surface area (Å²) in [6.07, 6.45) is 1.80. The molecule has 5 nitrogen and oxygen atoms in total. The maximum Gasteiger partial charge on any atom is 0.260 e. The zero-order valence-corrected chi connectivity index (χ0v) is 12.6. The largest absolute Gasteiger partial charge is 0.493 e. The Morgan fingerprint density at radius 1 is 1.24 bits per heavy atom. The van der Waals surface area contributed by atoms with Crippen LogP contribution in [0.2, 0.25) is 0 Å². The van der Waals surface area contributed by atoms with Crippen molar-refractivity contribution in [1.82, 2.24) is 4.90 Å². The van der Waals surface area contributed by atoms with Crippen molar-refractivity contribution in [2.24, 2.45) is 0 Å². The summed E-state index contributed by atoms with van der Waals surface area (Å²) in [5.41, 5.74) is 1.15. The van der Waals surface area contributed by atoms with Crippen LogP contribution < -0.4 is 9.47 Å². The van der Waals surface area contributed by atoms with E-state index in [1.165, 1.54) is 0 Å². The minimum atomic E-state index is -0.0934. The van der Waals surface area contributed by atoms with Gasteiger partial charge in [-0.15, -0.1) is 0 Å². The van der Waals surface area contributed by atoms with Crippen molar-refractivity contribution in [3.63, 3.8) is 0 Å². The third-order valence-electron chi connectivity index (χ3n) is 3.66. The molecule has 0 radical (unpaired) electrons. The first-order valence-electron chi connectivity index (χ1n) is 7.23. The summed E-state index contributed by atoms with van der Waals surface area (Å²) in [5, 5.41) is 0. The predicted octanol–water partition coefficient (Wildman–Crippen LogP) is 1.83. The highest BCUT2D eigenvalue weighted by Crippen LogP contribution is 2.28. The normalized spacial score (nSPS) is 15.0. The van der Waals surface area contributed by atoms with E-state index < -0.39 is 0 Å². The van der Waals surface area contributed by atoms with E-state index in [0.29, 0.717) is 37.4 Å². The molecule has 1 aliphatic heterocycles. The number of carbonyl (C=O) groups is 2. The third kappa shape index (κ3) is 3.97. The molecule has 1 aromatic carbocycles. The number of likely N-dealkylation sites (tertiary alicyclic amines) is 1. The number of amides is 1. The third-order valence-corrected chi connectivity index (χ3v) is 3.66. The minimum Gasteiger partial charge on any atom is -0.493 e. The first kappa shape index (κ1) is 15.4. The van der Waals surface area contributed by atoms with Crippen molar-refractivity contribution >= 4 is 11.7 Å². The van der Waals surface area contributed by atoms with E-state index in [4.69, 9.17) is 9.47 Å². The second-order valence-electron chi connectivity index (χ2n) is 5.05. The molecular formula is C16H21NO4. The lowest BCUT2D eigenvalue weighted by molar-refractivity contribution is -0.136. The van der Waals surface area contributed by atoms with Gasteiger partial charge in [-0.25, -0.2) is 0 Å². The molecule has 0 spiro atoms. The van der Waals surface area contributed by atoms with Gasteiger partial charge in [0.15, 0.2) is 18.1 Å². The first-order chi connectivity index (χ1) is 10.1. The van der Waals surface area contributed by atoms with Crippen molar-refractivity contribution in [3.8, 4) is 11.5 Å². The Morgan fingerprint density at radius 2 is 1.95 bits per heavy atom. The van der Waals surface area contributed by atoms with Crippen molar-refractivity contribution in [2.75, 3.05) is 26.8 Å². The van der Waals surface area contributed by atoms with E-state index in [1.54, 1.807) is 12.0 Å². The average Bonchev–Trinajstić information content (AvgIpc) is 2.53. The van der Waals surface area contributed by atoms with Crippen LogP contribution in [-0.4, -0.2) is 43.4 Å².